The average molecular weight is 286 g/mol. The molecule has 1 rings (SSSR count). The van der Waals surface area contributed by atoms with E-state index in [0.29, 0.717) is 19.5 Å². The predicted octanol–water partition coefficient (Wildman–Crippen LogP) is 0.971. The first-order chi connectivity index (χ1) is 8.95. The smallest absolute Gasteiger partial charge is 0.279 e. The second kappa shape index (κ2) is 7.59. The van der Waals surface area contributed by atoms with Crippen molar-refractivity contribution >= 4 is 10.2 Å². The molecule has 0 radical (unpaired) electrons. The lowest BCUT2D eigenvalue weighted by Crippen LogP contribution is -2.39. The Kier molecular flexibility index (Phi) is 6.44. The van der Waals surface area contributed by atoms with Crippen molar-refractivity contribution in [3.8, 4) is 0 Å². The van der Waals surface area contributed by atoms with Gasteiger partial charge in [-0.05, 0) is 17.9 Å². The Balaban J connectivity index is 2.52. The zero-order valence-corrected chi connectivity index (χ0v) is 12.2. The Bertz CT molecular complexity index is 462. The summed E-state index contributed by atoms with van der Waals surface area (Å²) in [5.41, 5.74) is 0.943. The minimum Gasteiger partial charge on any atom is -0.396 e. The Hall–Kier alpha value is -0.950. The number of hydrogen-bond donors (Lipinski definition) is 2. The topological polar surface area (TPSA) is 69.6 Å². The average Bonchev–Trinajstić information content (AvgIpc) is 2.38. The molecular formula is C13H22N2O3S. The van der Waals surface area contributed by atoms with Gasteiger partial charge in [-0.25, -0.2) is 4.72 Å². The monoisotopic (exact) mass is 286 g/mol. The maximum absolute atomic E-state index is 12.0. The molecular weight excluding hydrogens is 264 g/mol. The molecule has 0 fully saturated rings. The van der Waals surface area contributed by atoms with E-state index in [9.17, 15) is 8.42 Å². The molecule has 0 amide bonds. The van der Waals surface area contributed by atoms with Gasteiger partial charge < -0.3 is 5.11 Å². The summed E-state index contributed by atoms with van der Waals surface area (Å²) in [6, 6.07) is 9.44. The molecule has 0 spiro atoms. The van der Waals surface area contributed by atoms with E-state index in [-0.39, 0.29) is 12.5 Å². The van der Waals surface area contributed by atoms with Crippen LogP contribution in [0.4, 0.5) is 0 Å². The van der Waals surface area contributed by atoms with Gasteiger partial charge in [0.05, 0.1) is 0 Å². The van der Waals surface area contributed by atoms with Gasteiger partial charge in [-0.3, -0.25) is 0 Å². The van der Waals surface area contributed by atoms with Crippen LogP contribution >= 0.6 is 0 Å². The summed E-state index contributed by atoms with van der Waals surface area (Å²) in [5.74, 6) is 0.116. The lowest BCUT2D eigenvalue weighted by molar-refractivity contribution is 0.262. The Morgan fingerprint density at radius 2 is 1.95 bits per heavy atom. The third-order valence-electron chi connectivity index (χ3n) is 2.89. The molecule has 19 heavy (non-hydrogen) atoms. The summed E-state index contributed by atoms with van der Waals surface area (Å²) in [6.07, 6.45) is 0.588. The first kappa shape index (κ1) is 16.1. The zero-order chi connectivity index (χ0) is 14.3. The van der Waals surface area contributed by atoms with Gasteiger partial charge >= 0.3 is 0 Å². The molecule has 0 aliphatic rings. The summed E-state index contributed by atoms with van der Waals surface area (Å²) in [4.78, 5) is 0. The lowest BCUT2D eigenvalue weighted by atomic mass is 10.1. The molecule has 0 saturated carbocycles. The van der Waals surface area contributed by atoms with Gasteiger partial charge in [0.1, 0.15) is 0 Å². The minimum atomic E-state index is -3.47. The van der Waals surface area contributed by atoms with E-state index < -0.39 is 10.2 Å². The first-order valence-corrected chi connectivity index (χ1v) is 7.75. The van der Waals surface area contributed by atoms with E-state index in [1.807, 2.05) is 37.3 Å². The Morgan fingerprint density at radius 1 is 1.32 bits per heavy atom. The van der Waals surface area contributed by atoms with Crippen molar-refractivity contribution in [1.29, 1.82) is 0 Å². The van der Waals surface area contributed by atoms with Crippen LogP contribution in [0.3, 0.4) is 0 Å². The third-order valence-corrected chi connectivity index (χ3v) is 4.38. The summed E-state index contributed by atoms with van der Waals surface area (Å²) < 4.78 is 27.8. The number of rotatable bonds is 8. The van der Waals surface area contributed by atoms with Crippen molar-refractivity contribution in [3.63, 3.8) is 0 Å². The number of nitrogens with one attached hydrogen (secondary N) is 1. The molecule has 108 valence electrons. The van der Waals surface area contributed by atoms with Crippen molar-refractivity contribution in [2.45, 2.75) is 19.9 Å². The summed E-state index contributed by atoms with van der Waals surface area (Å²) in [5, 5.41) is 8.78. The molecule has 1 aromatic rings. The van der Waals surface area contributed by atoms with E-state index >= 15 is 0 Å². The zero-order valence-electron chi connectivity index (χ0n) is 11.4. The van der Waals surface area contributed by atoms with E-state index in [2.05, 4.69) is 4.72 Å². The van der Waals surface area contributed by atoms with Crippen LogP contribution in [-0.4, -0.2) is 38.0 Å². The largest absolute Gasteiger partial charge is 0.396 e. The fourth-order valence-corrected chi connectivity index (χ4v) is 2.64. The highest BCUT2D eigenvalue weighted by Gasteiger charge is 2.18. The summed E-state index contributed by atoms with van der Waals surface area (Å²) >= 11 is 0. The van der Waals surface area contributed by atoms with Crippen LogP contribution < -0.4 is 4.72 Å². The molecule has 0 aromatic heterocycles. The standard InChI is InChI=1S/C13H22N2O3S/c1-12(8-9-16)10-14-19(17,18)15(2)11-13-6-4-3-5-7-13/h3-7,12,14,16H,8-11H2,1-2H3. The van der Waals surface area contributed by atoms with Crippen molar-refractivity contribution in [1.82, 2.24) is 9.03 Å². The first-order valence-electron chi connectivity index (χ1n) is 6.31. The number of aliphatic hydroxyl groups excluding tert-OH is 1. The van der Waals surface area contributed by atoms with Crippen LogP contribution in [0.2, 0.25) is 0 Å². The Morgan fingerprint density at radius 3 is 2.53 bits per heavy atom. The molecule has 1 unspecified atom stereocenters. The number of nitrogens with zero attached hydrogens (tertiary/aromatic N) is 1. The van der Waals surface area contributed by atoms with Crippen LogP contribution in [0, 0.1) is 5.92 Å². The molecule has 1 atom stereocenters. The van der Waals surface area contributed by atoms with Crippen molar-refractivity contribution in [3.05, 3.63) is 35.9 Å². The summed E-state index contributed by atoms with van der Waals surface area (Å²) in [7, 11) is -1.92. The molecule has 0 bridgehead atoms. The van der Waals surface area contributed by atoms with Crippen LogP contribution in [0.5, 0.6) is 0 Å². The second-order valence-corrected chi connectivity index (χ2v) is 6.57. The second-order valence-electron chi connectivity index (χ2n) is 4.71. The van der Waals surface area contributed by atoms with E-state index in [0.717, 1.165) is 5.56 Å². The van der Waals surface area contributed by atoms with Crippen molar-refractivity contribution < 1.29 is 13.5 Å². The van der Waals surface area contributed by atoms with Gasteiger partial charge in [-0.2, -0.15) is 12.7 Å². The summed E-state index contributed by atoms with van der Waals surface area (Å²) in [6.45, 7) is 2.64. The van der Waals surface area contributed by atoms with E-state index in [4.69, 9.17) is 5.11 Å². The molecule has 1 aromatic carbocycles. The maximum Gasteiger partial charge on any atom is 0.279 e. The van der Waals surface area contributed by atoms with Gasteiger partial charge in [0, 0.05) is 26.7 Å². The van der Waals surface area contributed by atoms with Crippen LogP contribution in [0.15, 0.2) is 30.3 Å². The van der Waals surface area contributed by atoms with Crippen molar-refractivity contribution in [2.24, 2.45) is 5.92 Å². The molecule has 0 heterocycles. The highest BCUT2D eigenvalue weighted by Crippen LogP contribution is 2.06. The fourth-order valence-electron chi connectivity index (χ4n) is 1.61. The minimum absolute atomic E-state index is 0.0722. The fraction of sp³-hybridized carbons (Fsp3) is 0.538. The highest BCUT2D eigenvalue weighted by molar-refractivity contribution is 7.87. The number of benzene rings is 1. The van der Waals surface area contributed by atoms with Gasteiger partial charge in [0.15, 0.2) is 0 Å². The molecule has 0 aliphatic carbocycles. The van der Waals surface area contributed by atoms with E-state index in [1.165, 1.54) is 4.31 Å². The molecule has 6 heteroatoms. The van der Waals surface area contributed by atoms with E-state index in [1.54, 1.807) is 7.05 Å². The SMILES string of the molecule is CC(CCO)CNS(=O)(=O)N(C)Cc1ccccc1. The normalized spacial score (nSPS) is 13.7. The van der Waals surface area contributed by atoms with Gasteiger partial charge in [-0.15, -0.1) is 0 Å². The van der Waals surface area contributed by atoms with Crippen LogP contribution in [0.1, 0.15) is 18.9 Å². The van der Waals surface area contributed by atoms with Gasteiger partial charge in [0.25, 0.3) is 10.2 Å². The molecule has 5 nitrogen and oxygen atoms in total. The lowest BCUT2D eigenvalue weighted by Gasteiger charge is -2.19. The molecule has 2 N–H and O–H groups in total. The maximum atomic E-state index is 12.0. The van der Waals surface area contributed by atoms with Crippen LogP contribution in [-0.2, 0) is 16.8 Å². The molecule has 0 aliphatic heterocycles. The van der Waals surface area contributed by atoms with Crippen LogP contribution in [0.25, 0.3) is 0 Å². The van der Waals surface area contributed by atoms with Gasteiger partial charge in [-0.1, -0.05) is 37.3 Å². The predicted molar refractivity (Wildman–Crippen MR) is 75.7 cm³/mol. The quantitative estimate of drug-likeness (QED) is 0.748. The van der Waals surface area contributed by atoms with Gasteiger partial charge in [0.2, 0.25) is 0 Å². The molecule has 0 saturated heterocycles. The Labute approximate surface area is 115 Å². The highest BCUT2D eigenvalue weighted by atomic mass is 32.2. The number of aliphatic hydroxyl groups is 1. The van der Waals surface area contributed by atoms with Crippen molar-refractivity contribution in [2.75, 3.05) is 20.2 Å². The third kappa shape index (κ3) is 5.69. The number of hydrogen-bond acceptors (Lipinski definition) is 3.